The number of benzene rings is 2. The molecular weight excluding hydrogens is 317 g/mol. The fourth-order valence-corrected chi connectivity index (χ4v) is 2.26. The molecule has 0 aromatic heterocycles. The normalized spacial score (nSPS) is 12.2. The van der Waals surface area contributed by atoms with Crippen LogP contribution in [0, 0.1) is 11.3 Å². The SMILES string of the molecule is N#Cc1ccc(CNC(=O)CC(c2ccccc2)C(F)(F)F)cc1. The van der Waals surface area contributed by atoms with Gasteiger partial charge in [0.15, 0.2) is 0 Å². The van der Waals surface area contributed by atoms with Crippen LogP contribution in [0.3, 0.4) is 0 Å². The van der Waals surface area contributed by atoms with E-state index in [1.807, 2.05) is 6.07 Å². The Morgan fingerprint density at radius 1 is 1.08 bits per heavy atom. The van der Waals surface area contributed by atoms with Gasteiger partial charge in [-0.3, -0.25) is 4.79 Å². The summed E-state index contributed by atoms with van der Waals surface area (Å²) in [6.45, 7) is 0.115. The minimum absolute atomic E-state index is 0.0681. The highest BCUT2D eigenvalue weighted by Gasteiger charge is 2.41. The molecule has 0 aliphatic carbocycles. The second-order valence-electron chi connectivity index (χ2n) is 5.29. The molecule has 2 aromatic rings. The van der Waals surface area contributed by atoms with Gasteiger partial charge in [-0.15, -0.1) is 0 Å². The molecule has 0 heterocycles. The molecule has 0 radical (unpaired) electrons. The van der Waals surface area contributed by atoms with E-state index in [1.165, 1.54) is 24.3 Å². The van der Waals surface area contributed by atoms with E-state index in [1.54, 1.807) is 30.3 Å². The van der Waals surface area contributed by atoms with Crippen LogP contribution < -0.4 is 5.32 Å². The average Bonchev–Trinajstić information content (AvgIpc) is 2.58. The van der Waals surface area contributed by atoms with Crippen LogP contribution in [0.2, 0.25) is 0 Å². The zero-order valence-corrected chi connectivity index (χ0v) is 12.7. The molecule has 1 atom stereocenters. The molecule has 0 saturated carbocycles. The van der Waals surface area contributed by atoms with E-state index in [0.717, 1.165) is 0 Å². The Balaban J connectivity index is 1.99. The third-order valence-electron chi connectivity index (χ3n) is 3.56. The lowest BCUT2D eigenvalue weighted by atomic mass is 9.95. The Labute approximate surface area is 137 Å². The number of alkyl halides is 3. The van der Waals surface area contributed by atoms with Crippen LogP contribution in [-0.4, -0.2) is 12.1 Å². The highest BCUT2D eigenvalue weighted by molar-refractivity contribution is 5.77. The monoisotopic (exact) mass is 332 g/mol. The number of amides is 1. The van der Waals surface area contributed by atoms with Gasteiger partial charge in [-0.25, -0.2) is 0 Å². The van der Waals surface area contributed by atoms with Gasteiger partial charge in [0.2, 0.25) is 5.91 Å². The molecule has 0 aliphatic heterocycles. The maximum absolute atomic E-state index is 13.2. The highest BCUT2D eigenvalue weighted by Crippen LogP contribution is 2.37. The molecule has 124 valence electrons. The van der Waals surface area contributed by atoms with Gasteiger partial charge in [-0.05, 0) is 23.3 Å². The van der Waals surface area contributed by atoms with E-state index in [9.17, 15) is 18.0 Å². The van der Waals surface area contributed by atoms with Gasteiger partial charge >= 0.3 is 6.18 Å². The zero-order valence-electron chi connectivity index (χ0n) is 12.7. The van der Waals surface area contributed by atoms with Gasteiger partial charge in [0.05, 0.1) is 17.6 Å². The molecule has 2 aromatic carbocycles. The summed E-state index contributed by atoms with van der Waals surface area (Å²) >= 11 is 0. The molecule has 0 fully saturated rings. The summed E-state index contributed by atoms with van der Waals surface area (Å²) in [4.78, 5) is 11.9. The van der Waals surface area contributed by atoms with Crippen molar-refractivity contribution in [3.63, 3.8) is 0 Å². The van der Waals surface area contributed by atoms with Gasteiger partial charge in [0, 0.05) is 13.0 Å². The summed E-state index contributed by atoms with van der Waals surface area (Å²) in [6.07, 6.45) is -5.16. The van der Waals surface area contributed by atoms with Crippen molar-refractivity contribution in [2.75, 3.05) is 0 Å². The summed E-state index contributed by atoms with van der Waals surface area (Å²) in [6, 6.07) is 15.8. The molecule has 2 rings (SSSR count). The third kappa shape index (κ3) is 4.85. The van der Waals surface area contributed by atoms with Crippen molar-refractivity contribution in [3.05, 3.63) is 71.3 Å². The fraction of sp³-hybridized carbons (Fsp3) is 0.222. The topological polar surface area (TPSA) is 52.9 Å². The number of carbonyl (C=O) groups is 1. The predicted molar refractivity (Wildman–Crippen MR) is 82.9 cm³/mol. The van der Waals surface area contributed by atoms with E-state index < -0.39 is 24.4 Å². The quantitative estimate of drug-likeness (QED) is 0.902. The molecule has 0 aliphatic rings. The van der Waals surface area contributed by atoms with Gasteiger partial charge in [0.25, 0.3) is 0 Å². The van der Waals surface area contributed by atoms with Crippen molar-refractivity contribution in [1.29, 1.82) is 5.26 Å². The first kappa shape index (κ1) is 17.5. The predicted octanol–water partition coefficient (Wildman–Crippen LogP) is 3.91. The number of nitriles is 1. The lowest BCUT2D eigenvalue weighted by molar-refractivity contribution is -0.157. The van der Waals surface area contributed by atoms with Crippen LogP contribution in [0.5, 0.6) is 0 Å². The molecular formula is C18H15F3N2O. The van der Waals surface area contributed by atoms with Crippen molar-refractivity contribution in [2.45, 2.75) is 25.1 Å². The summed E-state index contributed by atoms with van der Waals surface area (Å²) in [7, 11) is 0. The van der Waals surface area contributed by atoms with E-state index in [4.69, 9.17) is 5.26 Å². The maximum Gasteiger partial charge on any atom is 0.396 e. The zero-order chi connectivity index (χ0) is 17.6. The fourth-order valence-electron chi connectivity index (χ4n) is 2.26. The molecule has 0 spiro atoms. The van der Waals surface area contributed by atoms with E-state index in [-0.39, 0.29) is 12.1 Å². The average molecular weight is 332 g/mol. The number of hydrogen-bond donors (Lipinski definition) is 1. The molecule has 0 bridgehead atoms. The minimum Gasteiger partial charge on any atom is -0.352 e. The summed E-state index contributed by atoms with van der Waals surface area (Å²) < 4.78 is 39.6. The number of nitrogens with one attached hydrogen (secondary N) is 1. The second-order valence-corrected chi connectivity index (χ2v) is 5.29. The Kier molecular flexibility index (Phi) is 5.59. The Morgan fingerprint density at radius 2 is 1.71 bits per heavy atom. The number of halogens is 3. The smallest absolute Gasteiger partial charge is 0.352 e. The first-order valence-electron chi connectivity index (χ1n) is 7.27. The third-order valence-corrected chi connectivity index (χ3v) is 3.56. The molecule has 24 heavy (non-hydrogen) atoms. The Hall–Kier alpha value is -2.81. The molecule has 0 saturated heterocycles. The number of nitrogens with zero attached hydrogens (tertiary/aromatic N) is 1. The van der Waals surface area contributed by atoms with Crippen molar-refractivity contribution in [1.82, 2.24) is 5.32 Å². The van der Waals surface area contributed by atoms with Crippen LogP contribution >= 0.6 is 0 Å². The van der Waals surface area contributed by atoms with Crippen molar-refractivity contribution in [3.8, 4) is 6.07 Å². The Morgan fingerprint density at radius 3 is 2.25 bits per heavy atom. The Bertz CT molecular complexity index is 719. The number of hydrogen-bond acceptors (Lipinski definition) is 2. The first-order chi connectivity index (χ1) is 11.4. The molecule has 1 N–H and O–H groups in total. The van der Waals surface area contributed by atoms with Crippen LogP contribution in [0.25, 0.3) is 0 Å². The lowest BCUT2D eigenvalue weighted by Gasteiger charge is -2.20. The van der Waals surface area contributed by atoms with Crippen LogP contribution in [0.4, 0.5) is 13.2 Å². The highest BCUT2D eigenvalue weighted by atomic mass is 19.4. The van der Waals surface area contributed by atoms with E-state index in [2.05, 4.69) is 5.32 Å². The summed E-state index contributed by atoms with van der Waals surface area (Å²) in [5.41, 5.74) is 1.26. The molecule has 1 unspecified atom stereocenters. The summed E-state index contributed by atoms with van der Waals surface area (Å²) in [5, 5.41) is 11.2. The van der Waals surface area contributed by atoms with Gasteiger partial charge in [-0.2, -0.15) is 18.4 Å². The van der Waals surface area contributed by atoms with Gasteiger partial charge in [0.1, 0.15) is 0 Å². The number of rotatable bonds is 5. The standard InChI is InChI=1S/C18H15F3N2O/c19-18(20,21)16(15-4-2-1-3-5-15)10-17(24)23-12-14-8-6-13(11-22)7-9-14/h1-9,16H,10,12H2,(H,23,24). The van der Waals surface area contributed by atoms with Crippen LogP contribution in [-0.2, 0) is 11.3 Å². The minimum atomic E-state index is -4.49. The lowest BCUT2D eigenvalue weighted by Crippen LogP contribution is -2.30. The molecule has 6 heteroatoms. The van der Waals surface area contributed by atoms with Crippen LogP contribution in [0.1, 0.15) is 29.0 Å². The van der Waals surface area contributed by atoms with Crippen molar-refractivity contribution in [2.24, 2.45) is 0 Å². The van der Waals surface area contributed by atoms with Gasteiger partial charge in [-0.1, -0.05) is 42.5 Å². The molecule has 1 amide bonds. The number of carbonyl (C=O) groups excluding carboxylic acids is 1. The maximum atomic E-state index is 13.2. The molecule has 3 nitrogen and oxygen atoms in total. The summed E-state index contributed by atoms with van der Waals surface area (Å²) in [5.74, 6) is -2.51. The van der Waals surface area contributed by atoms with E-state index >= 15 is 0 Å². The van der Waals surface area contributed by atoms with Crippen molar-refractivity contribution < 1.29 is 18.0 Å². The second kappa shape index (κ2) is 7.64. The van der Waals surface area contributed by atoms with Crippen molar-refractivity contribution >= 4 is 5.91 Å². The largest absolute Gasteiger partial charge is 0.396 e. The van der Waals surface area contributed by atoms with Gasteiger partial charge < -0.3 is 5.32 Å². The van der Waals surface area contributed by atoms with Crippen LogP contribution in [0.15, 0.2) is 54.6 Å². The first-order valence-corrected chi connectivity index (χ1v) is 7.27. The van der Waals surface area contributed by atoms with E-state index in [0.29, 0.717) is 11.1 Å².